The summed E-state index contributed by atoms with van der Waals surface area (Å²) in [5, 5.41) is 5.64. The van der Waals surface area contributed by atoms with E-state index in [1.165, 1.54) is 4.88 Å². The molecule has 0 bridgehead atoms. The van der Waals surface area contributed by atoms with Gasteiger partial charge in [0.1, 0.15) is 16.9 Å². The van der Waals surface area contributed by atoms with Crippen molar-refractivity contribution in [3.63, 3.8) is 0 Å². The van der Waals surface area contributed by atoms with Crippen LogP contribution >= 0.6 is 11.3 Å². The molecule has 4 heteroatoms. The van der Waals surface area contributed by atoms with E-state index in [9.17, 15) is 0 Å². The molecule has 1 atom stereocenters. The lowest BCUT2D eigenvalue weighted by molar-refractivity contribution is 0.577. The molecule has 0 aliphatic heterocycles. The Morgan fingerprint density at radius 2 is 2.20 bits per heavy atom. The Balaban J connectivity index is 1.90. The Bertz CT molecular complexity index is 701. The molecule has 0 saturated carbocycles. The molecule has 3 nitrogen and oxygen atoms in total. The lowest BCUT2D eigenvalue weighted by Crippen LogP contribution is -2.18. The van der Waals surface area contributed by atoms with E-state index in [0.29, 0.717) is 6.04 Å². The molecular weight excluding hydrogens is 268 g/mol. The third-order valence-electron chi connectivity index (χ3n) is 3.36. The second kappa shape index (κ2) is 5.77. The normalized spacial score (nSPS) is 12.9. The first-order chi connectivity index (χ1) is 9.79. The first-order valence-electron chi connectivity index (χ1n) is 6.95. The van der Waals surface area contributed by atoms with Crippen molar-refractivity contribution in [3.05, 3.63) is 41.6 Å². The monoisotopic (exact) mass is 286 g/mol. The predicted octanol–water partition coefficient (Wildman–Crippen LogP) is 4.62. The number of thiazole rings is 1. The molecule has 0 aliphatic carbocycles. The van der Waals surface area contributed by atoms with Gasteiger partial charge in [-0.2, -0.15) is 0 Å². The summed E-state index contributed by atoms with van der Waals surface area (Å²) < 4.78 is 5.59. The maximum Gasteiger partial charge on any atom is 0.134 e. The molecule has 2 heterocycles. The van der Waals surface area contributed by atoms with E-state index in [1.807, 2.05) is 24.4 Å². The Morgan fingerprint density at radius 3 is 3.05 bits per heavy atom. The Morgan fingerprint density at radius 1 is 1.35 bits per heavy atom. The van der Waals surface area contributed by atoms with Gasteiger partial charge in [-0.05, 0) is 26.0 Å². The largest absolute Gasteiger partial charge is 0.464 e. The maximum absolute atomic E-state index is 5.59. The van der Waals surface area contributed by atoms with Crippen LogP contribution in [0.3, 0.4) is 0 Å². The molecule has 0 spiro atoms. The minimum atomic E-state index is 0.347. The van der Waals surface area contributed by atoms with Crippen molar-refractivity contribution in [1.29, 1.82) is 0 Å². The number of nitrogens with one attached hydrogen (secondary N) is 1. The number of nitrogens with zero attached hydrogens (tertiary/aromatic N) is 1. The molecule has 1 aromatic carbocycles. The maximum atomic E-state index is 5.59. The number of aromatic nitrogens is 1. The van der Waals surface area contributed by atoms with Crippen molar-refractivity contribution >= 4 is 22.3 Å². The predicted molar refractivity (Wildman–Crippen MR) is 84.0 cm³/mol. The molecule has 2 aromatic heterocycles. The van der Waals surface area contributed by atoms with E-state index in [-0.39, 0.29) is 0 Å². The lowest BCUT2D eigenvalue weighted by atomic mass is 10.2. The molecule has 0 saturated heterocycles. The highest BCUT2D eigenvalue weighted by Gasteiger charge is 2.14. The summed E-state index contributed by atoms with van der Waals surface area (Å²) in [4.78, 5) is 5.82. The van der Waals surface area contributed by atoms with Gasteiger partial charge in [0.15, 0.2) is 0 Å². The third-order valence-corrected chi connectivity index (χ3v) is 4.58. The summed E-state index contributed by atoms with van der Waals surface area (Å²) in [5.74, 6) is 0. The number of furan rings is 1. The summed E-state index contributed by atoms with van der Waals surface area (Å²) in [7, 11) is 0. The van der Waals surface area contributed by atoms with Gasteiger partial charge in [0.25, 0.3) is 0 Å². The van der Waals surface area contributed by atoms with Crippen LogP contribution < -0.4 is 5.32 Å². The van der Waals surface area contributed by atoms with E-state index in [0.717, 1.165) is 34.5 Å². The SMILES string of the molecule is CCCNC(C)c1cnc(-c2coc3ccccc23)s1. The van der Waals surface area contributed by atoms with Crippen molar-refractivity contribution in [2.75, 3.05) is 6.54 Å². The average Bonchev–Trinajstić information content (AvgIpc) is 3.10. The summed E-state index contributed by atoms with van der Waals surface area (Å²) in [5.41, 5.74) is 2.00. The van der Waals surface area contributed by atoms with Gasteiger partial charge in [-0.1, -0.05) is 25.1 Å². The van der Waals surface area contributed by atoms with Crippen molar-refractivity contribution in [3.8, 4) is 10.6 Å². The van der Waals surface area contributed by atoms with Gasteiger partial charge in [-0.15, -0.1) is 11.3 Å². The summed E-state index contributed by atoms with van der Waals surface area (Å²) in [6, 6.07) is 8.42. The zero-order chi connectivity index (χ0) is 13.9. The van der Waals surface area contributed by atoms with E-state index < -0.39 is 0 Å². The average molecular weight is 286 g/mol. The van der Waals surface area contributed by atoms with Gasteiger partial charge in [0, 0.05) is 22.5 Å². The van der Waals surface area contributed by atoms with Crippen LogP contribution in [0, 0.1) is 0 Å². The topological polar surface area (TPSA) is 38.1 Å². The molecule has 3 rings (SSSR count). The quantitative estimate of drug-likeness (QED) is 0.744. The van der Waals surface area contributed by atoms with Gasteiger partial charge >= 0.3 is 0 Å². The number of hydrogen-bond donors (Lipinski definition) is 1. The van der Waals surface area contributed by atoms with Gasteiger partial charge in [-0.25, -0.2) is 4.98 Å². The van der Waals surface area contributed by atoms with Gasteiger partial charge < -0.3 is 9.73 Å². The lowest BCUT2D eigenvalue weighted by Gasteiger charge is -2.09. The van der Waals surface area contributed by atoms with E-state index in [2.05, 4.69) is 30.2 Å². The first kappa shape index (κ1) is 13.3. The van der Waals surface area contributed by atoms with E-state index in [4.69, 9.17) is 4.42 Å². The van der Waals surface area contributed by atoms with Gasteiger partial charge in [0.2, 0.25) is 0 Å². The Kier molecular flexibility index (Phi) is 3.85. The summed E-state index contributed by atoms with van der Waals surface area (Å²) >= 11 is 1.73. The Hall–Kier alpha value is -1.65. The summed E-state index contributed by atoms with van der Waals surface area (Å²) in [6.07, 6.45) is 4.91. The minimum absolute atomic E-state index is 0.347. The van der Waals surface area contributed by atoms with Gasteiger partial charge in [-0.3, -0.25) is 0 Å². The molecular formula is C16H18N2OS. The van der Waals surface area contributed by atoms with Crippen LogP contribution in [0.15, 0.2) is 41.1 Å². The molecule has 0 fully saturated rings. The second-order valence-electron chi connectivity index (χ2n) is 4.89. The number of rotatable bonds is 5. The molecule has 3 aromatic rings. The second-order valence-corrected chi connectivity index (χ2v) is 5.95. The van der Waals surface area contributed by atoms with Crippen molar-refractivity contribution in [2.24, 2.45) is 0 Å². The number of benzene rings is 1. The Labute approximate surface area is 122 Å². The van der Waals surface area contributed by atoms with Gasteiger partial charge in [0.05, 0.1) is 5.56 Å². The van der Waals surface area contributed by atoms with Crippen LogP contribution in [-0.4, -0.2) is 11.5 Å². The molecule has 0 amide bonds. The van der Waals surface area contributed by atoms with Crippen LogP contribution in [0.4, 0.5) is 0 Å². The highest BCUT2D eigenvalue weighted by atomic mass is 32.1. The molecule has 1 unspecified atom stereocenters. The number of hydrogen-bond acceptors (Lipinski definition) is 4. The van der Waals surface area contributed by atoms with Crippen molar-refractivity contribution in [1.82, 2.24) is 10.3 Å². The van der Waals surface area contributed by atoms with Crippen LogP contribution in [0.1, 0.15) is 31.2 Å². The van der Waals surface area contributed by atoms with Crippen LogP contribution in [0.5, 0.6) is 0 Å². The smallest absolute Gasteiger partial charge is 0.134 e. The van der Waals surface area contributed by atoms with Crippen LogP contribution in [0.25, 0.3) is 21.5 Å². The third kappa shape index (κ3) is 2.49. The fourth-order valence-electron chi connectivity index (χ4n) is 2.22. The molecule has 1 N–H and O–H groups in total. The zero-order valence-corrected chi connectivity index (χ0v) is 12.5. The molecule has 0 aliphatic rings. The molecule has 20 heavy (non-hydrogen) atoms. The molecule has 0 radical (unpaired) electrons. The standard InChI is InChI=1S/C16H18N2OS/c1-3-8-17-11(2)15-9-18-16(20-15)13-10-19-14-7-5-4-6-12(13)14/h4-7,9-11,17H,3,8H2,1-2H3. The first-order valence-corrected chi connectivity index (χ1v) is 7.77. The summed E-state index contributed by atoms with van der Waals surface area (Å²) in [6.45, 7) is 5.39. The highest BCUT2D eigenvalue weighted by molar-refractivity contribution is 7.15. The van der Waals surface area contributed by atoms with Crippen molar-refractivity contribution in [2.45, 2.75) is 26.3 Å². The molecule has 104 valence electrons. The fraction of sp³-hybridized carbons (Fsp3) is 0.312. The highest BCUT2D eigenvalue weighted by Crippen LogP contribution is 2.34. The van der Waals surface area contributed by atoms with E-state index in [1.54, 1.807) is 17.6 Å². The fourth-order valence-corrected chi connectivity index (χ4v) is 3.18. The van der Waals surface area contributed by atoms with E-state index >= 15 is 0 Å². The van der Waals surface area contributed by atoms with Crippen LogP contribution in [-0.2, 0) is 0 Å². The van der Waals surface area contributed by atoms with Crippen LogP contribution in [0.2, 0.25) is 0 Å². The minimum Gasteiger partial charge on any atom is -0.464 e. The number of para-hydroxylation sites is 1. The van der Waals surface area contributed by atoms with Crippen molar-refractivity contribution < 1.29 is 4.42 Å². The zero-order valence-electron chi connectivity index (χ0n) is 11.7. The number of fused-ring (bicyclic) bond motifs is 1.